The Kier molecular flexibility index (Phi) is 9.96. The zero-order chi connectivity index (χ0) is 35.7. The van der Waals surface area contributed by atoms with Gasteiger partial charge < -0.3 is 9.16 Å². The molecule has 2 aromatic heterocycles. The first-order valence-corrected chi connectivity index (χ1v) is 20.2. The molecule has 0 bridgehead atoms. The lowest BCUT2D eigenvalue weighted by Crippen LogP contribution is -2.54. The maximum Gasteiger partial charge on any atom is 0.280 e. The first kappa shape index (κ1) is 35.4. The van der Waals surface area contributed by atoms with Gasteiger partial charge in [-0.05, 0) is 34.8 Å². The van der Waals surface area contributed by atoms with Crippen LogP contribution in [0, 0.1) is 5.92 Å². The van der Waals surface area contributed by atoms with Gasteiger partial charge in [-0.25, -0.2) is 4.98 Å². The van der Waals surface area contributed by atoms with E-state index < -0.39 is 25.6 Å². The van der Waals surface area contributed by atoms with E-state index in [1.165, 1.54) is 0 Å². The molecule has 262 valence electrons. The van der Waals surface area contributed by atoms with E-state index in [0.29, 0.717) is 18.7 Å². The molecule has 1 amide bonds. The Balaban J connectivity index is 1.45. The zero-order valence-corrected chi connectivity index (χ0v) is 30.9. The number of H-pyrrole nitrogens is 1. The topological polar surface area (TPSA) is 123 Å². The predicted molar refractivity (Wildman–Crippen MR) is 199 cm³/mol. The molecule has 1 aliphatic rings. The average molecular weight is 693 g/mol. The van der Waals surface area contributed by atoms with Gasteiger partial charge >= 0.3 is 0 Å². The van der Waals surface area contributed by atoms with E-state index in [1.807, 2.05) is 18.2 Å². The number of carbonyl (C=O) groups is 1. The van der Waals surface area contributed by atoms with Crippen molar-refractivity contribution >= 4 is 31.3 Å². The minimum absolute atomic E-state index is 0.0120. The maximum atomic E-state index is 13.1. The summed E-state index contributed by atoms with van der Waals surface area (Å²) in [6.45, 7) is 15.1. The van der Waals surface area contributed by atoms with Gasteiger partial charge in [0.15, 0.2) is 19.5 Å². The number of fused-ring (bicyclic) bond motifs is 1. The van der Waals surface area contributed by atoms with Gasteiger partial charge in [-0.3, -0.25) is 29.8 Å². The number of amides is 1. The molecule has 50 heavy (non-hydrogen) atoms. The second-order valence-electron chi connectivity index (χ2n) is 14.9. The lowest BCUT2D eigenvalue weighted by molar-refractivity contribution is -0.118. The van der Waals surface area contributed by atoms with Gasteiger partial charge in [0.05, 0.1) is 24.6 Å². The third-order valence-corrected chi connectivity index (χ3v) is 14.7. The van der Waals surface area contributed by atoms with Crippen molar-refractivity contribution in [2.45, 2.75) is 83.1 Å². The summed E-state index contributed by atoms with van der Waals surface area (Å²) in [6.07, 6.45) is 1.25. The second-order valence-corrected chi connectivity index (χ2v) is 19.7. The lowest BCUT2D eigenvalue weighted by Gasteiger charge is -2.41. The first-order chi connectivity index (χ1) is 23.8. The largest absolute Gasteiger partial charge is 0.414 e. The van der Waals surface area contributed by atoms with E-state index in [4.69, 9.17) is 9.16 Å². The fourth-order valence-corrected chi connectivity index (χ4v) is 7.28. The summed E-state index contributed by atoms with van der Waals surface area (Å²) in [7, 11) is -2.15. The highest BCUT2D eigenvalue weighted by Gasteiger charge is 2.46. The lowest BCUT2D eigenvalue weighted by atomic mass is 9.76. The second kappa shape index (κ2) is 14.1. The van der Waals surface area contributed by atoms with Crippen molar-refractivity contribution in [2.75, 3.05) is 11.9 Å². The van der Waals surface area contributed by atoms with Crippen LogP contribution >= 0.6 is 0 Å². The number of hydrogen-bond acceptors (Lipinski definition) is 7. The Labute approximate surface area is 294 Å². The summed E-state index contributed by atoms with van der Waals surface area (Å²) in [6, 6.07) is 31.3. The number of ether oxygens (including phenoxy) is 1. The summed E-state index contributed by atoms with van der Waals surface area (Å²) in [5, 5.41) is 6.87. The van der Waals surface area contributed by atoms with Crippen LogP contribution in [0.4, 0.5) is 5.95 Å². The summed E-state index contributed by atoms with van der Waals surface area (Å²) >= 11 is 0. The monoisotopic (exact) mass is 692 g/mol. The molecule has 11 heteroatoms. The number of rotatable bonds is 11. The Morgan fingerprint density at radius 3 is 2.00 bits per heavy atom. The van der Waals surface area contributed by atoms with Crippen LogP contribution in [0.1, 0.15) is 64.0 Å². The molecular formula is C39H48N6O4Si. The highest BCUT2D eigenvalue weighted by atomic mass is 28.4. The van der Waals surface area contributed by atoms with E-state index in [1.54, 1.807) is 24.7 Å². The number of aromatic nitrogens is 4. The number of benzene rings is 3. The molecule has 1 fully saturated rings. The Morgan fingerprint density at radius 1 is 0.960 bits per heavy atom. The molecule has 3 atom stereocenters. The summed E-state index contributed by atoms with van der Waals surface area (Å²) in [4.78, 5) is 37.3. The van der Waals surface area contributed by atoms with Gasteiger partial charge in [-0.1, -0.05) is 126 Å². The SMILES string of the molecule is CC(C)C(=O)Nc1nc2c(ncn2[C@H]2C[C@H](NC(c3ccccc3)(c3ccccc3)c3ccccc3)[C@@H](CO[Si](C)(C)C(C)(C)C)O2)c(=O)[nH]1. The molecule has 3 heterocycles. The Bertz CT molecular complexity index is 1880. The predicted octanol–water partition coefficient (Wildman–Crippen LogP) is 6.97. The van der Waals surface area contributed by atoms with Crippen molar-refractivity contribution in [3.8, 4) is 0 Å². The van der Waals surface area contributed by atoms with Crippen molar-refractivity contribution in [3.05, 3.63) is 124 Å². The van der Waals surface area contributed by atoms with Gasteiger partial charge in [-0.2, -0.15) is 4.98 Å². The molecule has 10 nitrogen and oxygen atoms in total. The summed E-state index contributed by atoms with van der Waals surface area (Å²) in [5.41, 5.74) is 2.62. The van der Waals surface area contributed by atoms with Gasteiger partial charge in [-0.15, -0.1) is 0 Å². The molecule has 3 N–H and O–H groups in total. The van der Waals surface area contributed by atoms with Crippen LogP contribution in [-0.2, 0) is 19.5 Å². The minimum Gasteiger partial charge on any atom is -0.414 e. The van der Waals surface area contributed by atoms with Gasteiger partial charge in [0.1, 0.15) is 6.23 Å². The number of anilines is 1. The molecule has 1 aliphatic heterocycles. The van der Waals surface area contributed by atoms with E-state index >= 15 is 0 Å². The molecule has 6 rings (SSSR count). The standard InChI is InChI=1S/C39H48N6O4Si/c1-26(2)35(46)42-37-41-34-33(36(47)43-37)40-25-45(34)32-23-30(31(49-32)24-48-50(6,7)38(3,4)5)44-39(27-17-11-8-12-18-27,28-19-13-9-14-20-28)29-21-15-10-16-22-29/h8-22,25-26,30-32,44H,23-24H2,1-7H3,(H2,41,42,43,46,47)/t30-,31+,32+/m0/s1. The van der Waals surface area contributed by atoms with E-state index in [-0.39, 0.29) is 40.5 Å². The molecule has 0 saturated carbocycles. The third-order valence-electron chi connectivity index (χ3n) is 10.2. The van der Waals surface area contributed by atoms with Crippen molar-refractivity contribution < 1.29 is 14.0 Å². The van der Waals surface area contributed by atoms with E-state index in [0.717, 1.165) is 16.7 Å². The van der Waals surface area contributed by atoms with E-state index in [9.17, 15) is 9.59 Å². The van der Waals surface area contributed by atoms with Crippen LogP contribution in [0.2, 0.25) is 18.1 Å². The van der Waals surface area contributed by atoms with Crippen LogP contribution in [0.25, 0.3) is 11.2 Å². The normalized spacial score (nSPS) is 18.5. The number of nitrogens with zero attached hydrogens (tertiary/aromatic N) is 3. The minimum atomic E-state index is -2.15. The van der Waals surface area contributed by atoms with Crippen LogP contribution < -0.4 is 16.2 Å². The molecule has 0 spiro atoms. The average Bonchev–Trinajstić information content (AvgIpc) is 3.71. The van der Waals surface area contributed by atoms with Crippen molar-refractivity contribution in [3.63, 3.8) is 0 Å². The highest BCUT2D eigenvalue weighted by molar-refractivity contribution is 6.74. The summed E-state index contributed by atoms with van der Waals surface area (Å²) < 4.78 is 15.5. The first-order valence-electron chi connectivity index (χ1n) is 17.3. The van der Waals surface area contributed by atoms with Gasteiger partial charge in [0.2, 0.25) is 11.9 Å². The van der Waals surface area contributed by atoms with Crippen molar-refractivity contribution in [2.24, 2.45) is 5.92 Å². The fourth-order valence-electron chi connectivity index (χ4n) is 6.26. The highest BCUT2D eigenvalue weighted by Crippen LogP contribution is 2.42. The number of hydrogen-bond donors (Lipinski definition) is 3. The van der Waals surface area contributed by atoms with Gasteiger partial charge in [0.25, 0.3) is 5.56 Å². The third kappa shape index (κ3) is 6.95. The quantitative estimate of drug-likeness (QED) is 0.101. The number of aromatic amines is 1. The van der Waals surface area contributed by atoms with E-state index in [2.05, 4.69) is 132 Å². The van der Waals surface area contributed by atoms with Gasteiger partial charge in [0, 0.05) is 18.4 Å². The van der Waals surface area contributed by atoms with Crippen LogP contribution in [0.3, 0.4) is 0 Å². The molecule has 3 aromatic carbocycles. The van der Waals surface area contributed by atoms with Crippen LogP contribution in [0.5, 0.6) is 0 Å². The number of nitrogens with one attached hydrogen (secondary N) is 3. The van der Waals surface area contributed by atoms with Crippen LogP contribution in [-0.4, -0.2) is 52.5 Å². The molecule has 5 aromatic rings. The molecule has 0 aliphatic carbocycles. The smallest absolute Gasteiger partial charge is 0.280 e. The Hall–Kier alpha value is -4.42. The Morgan fingerprint density at radius 2 is 1.50 bits per heavy atom. The molecule has 1 saturated heterocycles. The van der Waals surface area contributed by atoms with Crippen molar-refractivity contribution in [1.82, 2.24) is 24.8 Å². The molecule has 0 radical (unpaired) electrons. The number of imidazole rings is 1. The zero-order valence-electron chi connectivity index (χ0n) is 29.9. The van der Waals surface area contributed by atoms with Crippen molar-refractivity contribution in [1.29, 1.82) is 0 Å². The number of carbonyl (C=O) groups excluding carboxylic acids is 1. The molecule has 0 unspecified atom stereocenters. The summed E-state index contributed by atoms with van der Waals surface area (Å²) in [5.74, 6) is -0.460. The maximum absolute atomic E-state index is 13.1. The van der Waals surface area contributed by atoms with Crippen LogP contribution in [0.15, 0.2) is 102 Å². The fraction of sp³-hybridized carbons (Fsp3) is 0.385. The molecular weight excluding hydrogens is 645 g/mol.